The van der Waals surface area contributed by atoms with Crippen LogP contribution in [0.3, 0.4) is 0 Å². The highest BCUT2D eigenvalue weighted by Gasteiger charge is 2.30. The summed E-state index contributed by atoms with van der Waals surface area (Å²) in [6.45, 7) is 5.47. The summed E-state index contributed by atoms with van der Waals surface area (Å²) in [7, 11) is 1.63. The molecule has 0 aliphatic carbocycles. The van der Waals surface area contributed by atoms with E-state index in [0.29, 0.717) is 42.1 Å². The van der Waals surface area contributed by atoms with Gasteiger partial charge in [0, 0.05) is 26.3 Å². The first kappa shape index (κ1) is 20.1. The number of amides is 1. The zero-order valence-corrected chi connectivity index (χ0v) is 17.1. The highest BCUT2D eigenvalue weighted by atomic mass is 32.1. The Morgan fingerprint density at radius 1 is 1.21 bits per heavy atom. The third kappa shape index (κ3) is 4.99. The largest absolute Gasteiger partial charge is 0.486 e. The fourth-order valence-electron chi connectivity index (χ4n) is 3.00. The zero-order valence-electron chi connectivity index (χ0n) is 16.3. The Kier molecular flexibility index (Phi) is 6.49. The number of hydrogen-bond donors (Lipinski definition) is 1. The van der Waals surface area contributed by atoms with Gasteiger partial charge in [0.15, 0.2) is 5.11 Å². The summed E-state index contributed by atoms with van der Waals surface area (Å²) >= 11 is 5.24. The molecule has 7 heteroatoms. The van der Waals surface area contributed by atoms with E-state index in [-0.39, 0.29) is 5.91 Å². The number of furan rings is 1. The third-order valence-corrected chi connectivity index (χ3v) is 4.56. The standard InChI is InChI=1S/C21H24N2O4S/c1-14-9-15(2)11-18(10-14)26-13-17-6-5-16(27-17)12-19-20(24)23(21(28)22-19)7-4-8-25-3/h5-6,9-12H,4,7-8,13H2,1-3H3,(H,22,28)/b19-12+. The number of methoxy groups -OCH3 is 1. The number of nitrogens with zero attached hydrogens (tertiary/aromatic N) is 1. The minimum atomic E-state index is -0.162. The molecular weight excluding hydrogens is 376 g/mol. The lowest BCUT2D eigenvalue weighted by Gasteiger charge is -2.12. The fraction of sp³-hybridized carbons (Fsp3) is 0.333. The van der Waals surface area contributed by atoms with Gasteiger partial charge in [0.05, 0.1) is 0 Å². The van der Waals surface area contributed by atoms with Crippen LogP contribution in [0.15, 0.2) is 40.4 Å². The van der Waals surface area contributed by atoms with Crippen LogP contribution in [0.1, 0.15) is 29.1 Å². The van der Waals surface area contributed by atoms with Gasteiger partial charge in [-0.3, -0.25) is 9.69 Å². The molecule has 28 heavy (non-hydrogen) atoms. The molecule has 1 aromatic heterocycles. The molecule has 1 N–H and O–H groups in total. The van der Waals surface area contributed by atoms with Gasteiger partial charge in [-0.05, 0) is 67.9 Å². The molecule has 1 fully saturated rings. The summed E-state index contributed by atoms with van der Waals surface area (Å²) in [4.78, 5) is 14.0. The Balaban J connectivity index is 1.62. The number of carbonyl (C=O) groups excluding carboxylic acids is 1. The van der Waals surface area contributed by atoms with E-state index >= 15 is 0 Å². The topological polar surface area (TPSA) is 63.9 Å². The van der Waals surface area contributed by atoms with Gasteiger partial charge in [-0.2, -0.15) is 0 Å². The predicted molar refractivity (Wildman–Crippen MR) is 111 cm³/mol. The van der Waals surface area contributed by atoms with E-state index in [0.717, 1.165) is 23.3 Å². The Hall–Kier alpha value is -2.64. The van der Waals surface area contributed by atoms with E-state index in [1.807, 2.05) is 32.0 Å². The molecule has 0 atom stereocenters. The van der Waals surface area contributed by atoms with Gasteiger partial charge in [0.2, 0.25) is 0 Å². The van der Waals surface area contributed by atoms with Gasteiger partial charge in [0.25, 0.3) is 5.91 Å². The number of benzene rings is 1. The van der Waals surface area contributed by atoms with E-state index in [1.165, 1.54) is 4.90 Å². The van der Waals surface area contributed by atoms with Gasteiger partial charge in [-0.25, -0.2) is 0 Å². The molecule has 0 bridgehead atoms. The number of rotatable bonds is 8. The molecule has 0 spiro atoms. The number of carbonyl (C=O) groups is 1. The van der Waals surface area contributed by atoms with Crippen molar-refractivity contribution < 1.29 is 18.7 Å². The number of hydrogen-bond acceptors (Lipinski definition) is 5. The van der Waals surface area contributed by atoms with Crippen molar-refractivity contribution in [2.24, 2.45) is 0 Å². The maximum atomic E-state index is 12.5. The second-order valence-corrected chi connectivity index (χ2v) is 7.09. The third-order valence-electron chi connectivity index (χ3n) is 4.24. The van der Waals surface area contributed by atoms with Crippen LogP contribution in [0.4, 0.5) is 0 Å². The molecule has 1 aromatic carbocycles. The Labute approximate surface area is 170 Å². The Morgan fingerprint density at radius 2 is 1.96 bits per heavy atom. The molecule has 148 valence electrons. The van der Waals surface area contributed by atoms with Crippen molar-refractivity contribution in [2.45, 2.75) is 26.9 Å². The minimum Gasteiger partial charge on any atom is -0.486 e. The average Bonchev–Trinajstić information content (AvgIpc) is 3.19. The van der Waals surface area contributed by atoms with Crippen molar-refractivity contribution in [2.75, 3.05) is 20.3 Å². The Morgan fingerprint density at radius 3 is 2.68 bits per heavy atom. The molecule has 3 rings (SSSR count). The predicted octanol–water partition coefficient (Wildman–Crippen LogP) is 3.57. The second-order valence-electron chi connectivity index (χ2n) is 6.71. The first-order valence-electron chi connectivity index (χ1n) is 9.09. The molecule has 0 radical (unpaired) electrons. The van der Waals surface area contributed by atoms with Crippen LogP contribution in [0, 0.1) is 13.8 Å². The normalized spacial score (nSPS) is 15.4. The van der Waals surface area contributed by atoms with Crippen LogP contribution in [-0.4, -0.2) is 36.2 Å². The summed E-state index contributed by atoms with van der Waals surface area (Å²) < 4.78 is 16.6. The lowest BCUT2D eigenvalue weighted by atomic mass is 10.1. The maximum absolute atomic E-state index is 12.5. The van der Waals surface area contributed by atoms with Crippen molar-refractivity contribution in [1.29, 1.82) is 0 Å². The molecular formula is C21H24N2O4S. The van der Waals surface area contributed by atoms with Crippen molar-refractivity contribution in [3.05, 3.63) is 58.7 Å². The van der Waals surface area contributed by atoms with Crippen LogP contribution in [0.2, 0.25) is 0 Å². The molecule has 0 unspecified atom stereocenters. The first-order valence-corrected chi connectivity index (χ1v) is 9.50. The molecule has 6 nitrogen and oxygen atoms in total. The zero-order chi connectivity index (χ0) is 20.1. The van der Waals surface area contributed by atoms with E-state index in [1.54, 1.807) is 19.3 Å². The van der Waals surface area contributed by atoms with Crippen LogP contribution < -0.4 is 10.1 Å². The number of nitrogens with one attached hydrogen (secondary N) is 1. The van der Waals surface area contributed by atoms with Crippen LogP contribution in [0.5, 0.6) is 5.75 Å². The monoisotopic (exact) mass is 400 g/mol. The Bertz CT molecular complexity index is 883. The van der Waals surface area contributed by atoms with E-state index in [9.17, 15) is 4.79 Å². The molecule has 1 aliphatic rings. The van der Waals surface area contributed by atoms with Crippen LogP contribution in [-0.2, 0) is 16.1 Å². The van der Waals surface area contributed by atoms with Gasteiger partial charge in [-0.15, -0.1) is 0 Å². The lowest BCUT2D eigenvalue weighted by molar-refractivity contribution is -0.122. The first-order chi connectivity index (χ1) is 13.5. The van der Waals surface area contributed by atoms with Crippen molar-refractivity contribution in [1.82, 2.24) is 10.2 Å². The summed E-state index contributed by atoms with van der Waals surface area (Å²) in [5.74, 6) is 1.89. The summed E-state index contributed by atoms with van der Waals surface area (Å²) in [6.07, 6.45) is 2.38. The van der Waals surface area contributed by atoms with E-state index in [2.05, 4.69) is 11.4 Å². The summed E-state index contributed by atoms with van der Waals surface area (Å²) in [5.41, 5.74) is 2.70. The van der Waals surface area contributed by atoms with Crippen LogP contribution >= 0.6 is 12.2 Å². The summed E-state index contributed by atoms with van der Waals surface area (Å²) in [6, 6.07) is 9.71. The van der Waals surface area contributed by atoms with E-state index < -0.39 is 0 Å². The molecule has 1 saturated heterocycles. The fourth-order valence-corrected chi connectivity index (χ4v) is 3.29. The lowest BCUT2D eigenvalue weighted by Crippen LogP contribution is -2.32. The highest BCUT2D eigenvalue weighted by molar-refractivity contribution is 7.80. The second kappa shape index (κ2) is 9.03. The quantitative estimate of drug-likeness (QED) is 0.415. The molecule has 0 saturated carbocycles. The van der Waals surface area contributed by atoms with E-state index in [4.69, 9.17) is 26.1 Å². The molecule has 2 aromatic rings. The van der Waals surface area contributed by atoms with Gasteiger partial charge >= 0.3 is 0 Å². The minimum absolute atomic E-state index is 0.162. The molecule has 2 heterocycles. The highest BCUT2D eigenvalue weighted by Crippen LogP contribution is 2.20. The van der Waals surface area contributed by atoms with Crippen molar-refractivity contribution in [3.8, 4) is 5.75 Å². The smallest absolute Gasteiger partial charge is 0.276 e. The van der Waals surface area contributed by atoms with Crippen molar-refractivity contribution in [3.63, 3.8) is 0 Å². The van der Waals surface area contributed by atoms with Crippen molar-refractivity contribution >= 4 is 29.3 Å². The number of ether oxygens (including phenoxy) is 2. The molecule has 1 aliphatic heterocycles. The number of aryl methyl sites for hydroxylation is 2. The van der Waals surface area contributed by atoms with Gasteiger partial charge in [0.1, 0.15) is 29.6 Å². The SMILES string of the molecule is COCCCN1C(=O)/C(=C\c2ccc(COc3cc(C)cc(C)c3)o2)NC1=S. The average molecular weight is 401 g/mol. The van der Waals surface area contributed by atoms with Gasteiger partial charge in [-0.1, -0.05) is 6.07 Å². The van der Waals surface area contributed by atoms with Gasteiger partial charge < -0.3 is 19.2 Å². The van der Waals surface area contributed by atoms with Crippen LogP contribution in [0.25, 0.3) is 6.08 Å². The maximum Gasteiger partial charge on any atom is 0.276 e. The number of thiocarbonyl (C=S) groups is 1. The molecule has 1 amide bonds. The summed E-state index contributed by atoms with van der Waals surface area (Å²) in [5, 5.41) is 3.35.